The number of nitrogens with zero attached hydrogens (tertiary/aromatic N) is 1. The van der Waals surface area contributed by atoms with Crippen molar-refractivity contribution in [3.05, 3.63) is 144 Å². The molecule has 48 heavy (non-hydrogen) atoms. The molecule has 0 aromatic heterocycles. The van der Waals surface area contributed by atoms with Crippen LogP contribution in [0.4, 0.5) is 0 Å². The van der Waals surface area contributed by atoms with E-state index >= 15 is 4.79 Å². The summed E-state index contributed by atoms with van der Waals surface area (Å²) in [4.78, 5) is 31.8. The third-order valence-electron chi connectivity index (χ3n) is 11.6. The van der Waals surface area contributed by atoms with Crippen LogP contribution in [0.15, 0.2) is 121 Å². The average Bonchev–Trinajstić information content (AvgIpc) is 3.48. The summed E-state index contributed by atoms with van der Waals surface area (Å²) in [5.74, 6) is -1.02. The first kappa shape index (κ1) is 32.5. The normalized spacial score (nSPS) is 26.8. The van der Waals surface area contributed by atoms with Crippen LogP contribution in [-0.4, -0.2) is 42.8 Å². The minimum atomic E-state index is -2.54. The second-order valence-corrected chi connectivity index (χ2v) is 20.7. The average molecular weight is 658 g/mol. The number of hydrogen-bond donors (Lipinski definition) is 0. The Hall–Kier alpha value is -4.00. The van der Waals surface area contributed by atoms with Gasteiger partial charge in [0.2, 0.25) is 5.91 Å². The summed E-state index contributed by atoms with van der Waals surface area (Å²) in [6.45, 7) is 13.0. The number of hydrogen-bond acceptors (Lipinski definition) is 4. The molecule has 4 aromatic rings. The molecule has 4 aromatic carbocycles. The number of ether oxygens (including phenoxy) is 2. The first-order chi connectivity index (χ1) is 22.9. The number of fused-ring (bicyclic) bond motifs is 3. The predicted molar refractivity (Wildman–Crippen MR) is 192 cm³/mol. The van der Waals surface area contributed by atoms with Crippen LogP contribution < -0.4 is 0 Å². The van der Waals surface area contributed by atoms with Crippen molar-refractivity contribution in [2.75, 3.05) is 6.61 Å². The van der Waals surface area contributed by atoms with E-state index in [2.05, 4.69) is 116 Å². The van der Waals surface area contributed by atoms with Crippen LogP contribution in [-0.2, 0) is 24.1 Å². The highest BCUT2D eigenvalue weighted by Gasteiger charge is 2.81. The molecule has 5 atom stereocenters. The van der Waals surface area contributed by atoms with Gasteiger partial charge in [-0.1, -0.05) is 140 Å². The maximum absolute atomic E-state index is 15.2. The molecule has 3 fully saturated rings. The Balaban J connectivity index is 1.38. The van der Waals surface area contributed by atoms with Gasteiger partial charge in [0, 0.05) is 11.0 Å². The van der Waals surface area contributed by atoms with Gasteiger partial charge in [-0.15, -0.1) is 0 Å². The number of esters is 1. The van der Waals surface area contributed by atoms with Crippen molar-refractivity contribution in [1.82, 2.24) is 4.90 Å². The van der Waals surface area contributed by atoms with Gasteiger partial charge in [-0.25, -0.2) is 0 Å². The van der Waals surface area contributed by atoms with E-state index in [9.17, 15) is 4.79 Å². The Labute approximate surface area is 286 Å². The monoisotopic (exact) mass is 657 g/mol. The zero-order chi connectivity index (χ0) is 34.0. The minimum absolute atomic E-state index is 0.138. The Morgan fingerprint density at radius 1 is 0.812 bits per heavy atom. The topological polar surface area (TPSA) is 55.8 Å². The standard InChI is InChI=1S/C42H47NO4Si/c1-39(2,3)47-38(45)41-34(27-36(41)40(4)43(37(41)44)35(28-46-40)30-19-11-7-12-20-30)29-48(5,6)42(31-21-13-8-14-22-31,32-23-15-9-16-24-32)33-25-17-10-18-26-33/h7-26,34-36H,27-29H2,1-6H3/t34-,35+,36-,40+,41+/m0/s1. The van der Waals surface area contributed by atoms with Gasteiger partial charge in [-0.05, 0) is 62.3 Å². The number of amides is 1. The van der Waals surface area contributed by atoms with E-state index in [0.29, 0.717) is 6.61 Å². The zero-order valence-electron chi connectivity index (χ0n) is 29.0. The Bertz CT molecular complexity index is 1690. The van der Waals surface area contributed by atoms with Crippen LogP contribution in [0.25, 0.3) is 0 Å². The van der Waals surface area contributed by atoms with Crippen LogP contribution >= 0.6 is 0 Å². The summed E-state index contributed by atoms with van der Waals surface area (Å²) >= 11 is 0. The maximum Gasteiger partial charge on any atom is 0.322 e. The highest BCUT2D eigenvalue weighted by Crippen LogP contribution is 2.70. The molecule has 0 bridgehead atoms. The lowest BCUT2D eigenvalue weighted by atomic mass is 9.52. The summed E-state index contributed by atoms with van der Waals surface area (Å²) in [5, 5.41) is -0.443. The smallest absolute Gasteiger partial charge is 0.322 e. The molecule has 5 nitrogen and oxygen atoms in total. The molecule has 0 radical (unpaired) electrons. The molecule has 2 aliphatic heterocycles. The second kappa shape index (κ2) is 11.6. The summed E-state index contributed by atoms with van der Waals surface area (Å²) in [6, 6.07) is 43.0. The highest BCUT2D eigenvalue weighted by atomic mass is 28.3. The number of carbonyl (C=O) groups excluding carboxylic acids is 2. The lowest BCUT2D eigenvalue weighted by molar-refractivity contribution is -0.197. The van der Waals surface area contributed by atoms with Crippen LogP contribution in [0, 0.1) is 17.3 Å². The molecule has 1 aliphatic carbocycles. The van der Waals surface area contributed by atoms with Crippen LogP contribution in [0.3, 0.4) is 0 Å². The van der Waals surface area contributed by atoms with Gasteiger partial charge in [0.1, 0.15) is 11.3 Å². The lowest BCUT2D eigenvalue weighted by Crippen LogP contribution is -2.64. The van der Waals surface area contributed by atoms with Gasteiger partial charge in [0.15, 0.2) is 5.41 Å². The molecule has 1 saturated carbocycles. The maximum atomic E-state index is 15.2. The van der Waals surface area contributed by atoms with Gasteiger partial charge in [0.25, 0.3) is 0 Å². The van der Waals surface area contributed by atoms with Gasteiger partial charge < -0.3 is 14.4 Å². The van der Waals surface area contributed by atoms with E-state index in [1.54, 1.807) is 0 Å². The number of rotatable bonds is 8. The van der Waals surface area contributed by atoms with Gasteiger partial charge in [-0.2, -0.15) is 0 Å². The molecule has 248 valence electrons. The van der Waals surface area contributed by atoms with E-state index in [0.717, 1.165) is 18.0 Å². The third-order valence-corrected chi connectivity index (χ3v) is 16.0. The number of carbonyl (C=O) groups is 2. The number of benzene rings is 4. The fourth-order valence-electron chi connectivity index (χ4n) is 9.69. The van der Waals surface area contributed by atoms with Crippen molar-refractivity contribution in [2.24, 2.45) is 17.3 Å². The van der Waals surface area contributed by atoms with Crippen molar-refractivity contribution < 1.29 is 19.1 Å². The predicted octanol–water partition coefficient (Wildman–Crippen LogP) is 8.56. The minimum Gasteiger partial charge on any atom is -0.459 e. The molecule has 2 saturated heterocycles. The molecule has 6 heteroatoms. The lowest BCUT2D eigenvalue weighted by Gasteiger charge is -2.56. The summed E-state index contributed by atoms with van der Waals surface area (Å²) in [7, 11) is -2.54. The largest absolute Gasteiger partial charge is 0.459 e. The molecular weight excluding hydrogens is 611 g/mol. The first-order valence-corrected chi connectivity index (χ1v) is 20.5. The van der Waals surface area contributed by atoms with Crippen molar-refractivity contribution in [1.29, 1.82) is 0 Å². The second-order valence-electron chi connectivity index (χ2n) is 15.8. The van der Waals surface area contributed by atoms with Crippen molar-refractivity contribution in [3.8, 4) is 0 Å². The van der Waals surface area contributed by atoms with E-state index < -0.39 is 35.8 Å². The van der Waals surface area contributed by atoms with Crippen molar-refractivity contribution in [3.63, 3.8) is 0 Å². The fraction of sp³-hybridized carbons (Fsp3) is 0.381. The van der Waals surface area contributed by atoms with E-state index in [4.69, 9.17) is 9.47 Å². The Kier molecular flexibility index (Phi) is 7.84. The zero-order valence-corrected chi connectivity index (χ0v) is 30.0. The summed E-state index contributed by atoms with van der Waals surface area (Å²) in [5.41, 5.74) is 1.80. The Morgan fingerprint density at radius 3 is 1.73 bits per heavy atom. The SMILES string of the molecule is CC(C)(C)OC(=O)[C@@]12C(=O)N3[C@@H](c4ccccc4)CO[C@]3(C)[C@@H]1C[C@H]2C[Si](C)(C)C(c1ccccc1)(c1ccccc1)c1ccccc1. The Morgan fingerprint density at radius 2 is 1.27 bits per heavy atom. The van der Waals surface area contributed by atoms with Gasteiger partial charge in [0.05, 0.1) is 20.7 Å². The molecule has 0 unspecified atom stereocenters. The molecular formula is C42H47NO4Si. The van der Waals surface area contributed by atoms with Crippen LogP contribution in [0.2, 0.25) is 19.1 Å². The molecule has 7 rings (SSSR count). The molecule has 0 N–H and O–H groups in total. The van der Waals surface area contributed by atoms with Crippen LogP contribution in [0.5, 0.6) is 0 Å². The van der Waals surface area contributed by atoms with Crippen molar-refractivity contribution >= 4 is 20.0 Å². The third kappa shape index (κ3) is 4.67. The quantitative estimate of drug-likeness (QED) is 0.0825. The molecule has 0 spiro atoms. The fourth-order valence-corrected chi connectivity index (χ4v) is 14.6. The van der Waals surface area contributed by atoms with E-state index in [1.165, 1.54) is 16.7 Å². The van der Waals surface area contributed by atoms with Crippen LogP contribution in [0.1, 0.15) is 62.4 Å². The first-order valence-electron chi connectivity index (χ1n) is 17.3. The van der Waals surface area contributed by atoms with Crippen molar-refractivity contribution in [2.45, 2.75) is 75.7 Å². The van der Waals surface area contributed by atoms with Gasteiger partial charge in [-0.3, -0.25) is 9.59 Å². The van der Waals surface area contributed by atoms with E-state index in [-0.39, 0.29) is 23.8 Å². The molecule has 1 amide bonds. The molecule has 2 heterocycles. The highest BCUT2D eigenvalue weighted by molar-refractivity contribution is 6.82. The summed E-state index contributed by atoms with van der Waals surface area (Å²) in [6.07, 6.45) is 0.727. The summed E-state index contributed by atoms with van der Waals surface area (Å²) < 4.78 is 12.8. The van der Waals surface area contributed by atoms with E-state index in [1.807, 2.05) is 50.8 Å². The molecule has 3 aliphatic rings. The van der Waals surface area contributed by atoms with Gasteiger partial charge >= 0.3 is 5.97 Å².